The Morgan fingerprint density at radius 3 is 2.03 bits per heavy atom. The van der Waals surface area contributed by atoms with Crippen molar-refractivity contribution in [3.63, 3.8) is 0 Å². The van der Waals surface area contributed by atoms with Crippen molar-refractivity contribution in [2.24, 2.45) is 0 Å². The lowest BCUT2D eigenvalue weighted by Crippen LogP contribution is -2.52. The van der Waals surface area contributed by atoms with Crippen LogP contribution in [0.2, 0.25) is 15.1 Å². The maximum Gasteiger partial charge on any atom is 0.264 e. The molecule has 0 unspecified atom stereocenters. The summed E-state index contributed by atoms with van der Waals surface area (Å²) in [5.41, 5.74) is 0.840. The van der Waals surface area contributed by atoms with E-state index < -0.39 is 28.5 Å². The molecule has 2 amide bonds. The zero-order valence-electron chi connectivity index (χ0n) is 21.8. The Bertz CT molecular complexity index is 1380. The van der Waals surface area contributed by atoms with E-state index in [1.807, 2.05) is 13.8 Å². The molecule has 3 aromatic rings. The summed E-state index contributed by atoms with van der Waals surface area (Å²) in [5.74, 6) is -0.942. The van der Waals surface area contributed by atoms with Crippen molar-refractivity contribution in [3.8, 4) is 0 Å². The van der Waals surface area contributed by atoms with Crippen LogP contribution < -0.4 is 9.62 Å². The fraction of sp³-hybridized carbons (Fsp3) is 0.286. The summed E-state index contributed by atoms with van der Waals surface area (Å²) >= 11 is 18.4. The van der Waals surface area contributed by atoms with Gasteiger partial charge in [-0.25, -0.2) is 8.42 Å². The molecule has 0 bridgehead atoms. The Morgan fingerprint density at radius 1 is 0.872 bits per heavy atom. The summed E-state index contributed by atoms with van der Waals surface area (Å²) in [6.45, 7) is 4.88. The quantitative estimate of drug-likeness (QED) is 0.281. The molecule has 3 aromatic carbocycles. The Morgan fingerprint density at radius 2 is 1.46 bits per heavy atom. The average Bonchev–Trinajstić information content (AvgIpc) is 2.90. The van der Waals surface area contributed by atoms with Gasteiger partial charge in [0.25, 0.3) is 10.0 Å². The molecule has 0 aliphatic rings. The summed E-state index contributed by atoms with van der Waals surface area (Å²) in [7, 11) is -4.21. The molecule has 39 heavy (non-hydrogen) atoms. The van der Waals surface area contributed by atoms with Gasteiger partial charge in [-0.3, -0.25) is 13.9 Å². The number of hydrogen-bond acceptors (Lipinski definition) is 4. The fourth-order valence-corrected chi connectivity index (χ4v) is 5.83. The first-order valence-electron chi connectivity index (χ1n) is 12.3. The fourth-order valence-electron chi connectivity index (χ4n) is 3.77. The Labute approximate surface area is 244 Å². The Hall–Kier alpha value is -2.78. The van der Waals surface area contributed by atoms with Crippen LogP contribution in [-0.4, -0.2) is 43.8 Å². The maximum absolute atomic E-state index is 13.9. The number of nitrogens with one attached hydrogen (secondary N) is 1. The summed E-state index contributed by atoms with van der Waals surface area (Å²) in [6.07, 6.45) is 0.711. The maximum atomic E-state index is 13.9. The largest absolute Gasteiger partial charge is 0.352 e. The van der Waals surface area contributed by atoms with Gasteiger partial charge in [0.15, 0.2) is 0 Å². The normalized spacial score (nSPS) is 12.9. The minimum Gasteiger partial charge on any atom is -0.352 e. The third kappa shape index (κ3) is 8.11. The van der Waals surface area contributed by atoms with Gasteiger partial charge in [-0.05, 0) is 68.3 Å². The summed E-state index contributed by atoms with van der Waals surface area (Å²) < 4.78 is 28.5. The molecule has 0 fully saturated rings. The molecular weight excluding hydrogens is 581 g/mol. The van der Waals surface area contributed by atoms with Gasteiger partial charge in [0.1, 0.15) is 12.6 Å². The van der Waals surface area contributed by atoms with E-state index in [2.05, 4.69) is 5.32 Å². The van der Waals surface area contributed by atoms with Crippen molar-refractivity contribution >= 4 is 62.3 Å². The van der Waals surface area contributed by atoms with Gasteiger partial charge in [0, 0.05) is 27.7 Å². The average molecular weight is 611 g/mol. The molecule has 2 atom stereocenters. The van der Waals surface area contributed by atoms with E-state index >= 15 is 0 Å². The Balaban J connectivity index is 2.04. The highest BCUT2D eigenvalue weighted by Crippen LogP contribution is 2.30. The lowest BCUT2D eigenvalue weighted by atomic mass is 10.1. The first-order valence-corrected chi connectivity index (χ1v) is 14.9. The SMILES string of the molecule is CC[C@H](C)NC(=O)[C@@H](C)N(Cc1ccc(Cl)cc1)C(=O)CN(c1cc(Cl)cc(Cl)c1)S(=O)(=O)c1ccccc1. The molecule has 0 spiro atoms. The van der Waals surface area contributed by atoms with Crippen LogP contribution in [0.25, 0.3) is 0 Å². The van der Waals surface area contributed by atoms with E-state index in [0.717, 1.165) is 9.87 Å². The van der Waals surface area contributed by atoms with Gasteiger partial charge in [-0.1, -0.05) is 72.1 Å². The standard InChI is InChI=1S/C28H30Cl3N3O4S/c1-4-19(2)32-28(36)20(3)33(17-21-10-12-22(29)13-11-21)27(35)18-34(25-15-23(30)14-24(31)16-25)39(37,38)26-8-6-5-7-9-26/h5-16,19-20H,4,17-18H2,1-3H3,(H,32,36)/t19-,20+/m0/s1. The lowest BCUT2D eigenvalue weighted by molar-refractivity contribution is -0.139. The third-order valence-corrected chi connectivity index (χ3v) is 8.66. The van der Waals surface area contributed by atoms with Gasteiger partial charge in [-0.2, -0.15) is 0 Å². The highest BCUT2D eigenvalue weighted by molar-refractivity contribution is 7.92. The minimum absolute atomic E-state index is 0.0132. The van der Waals surface area contributed by atoms with Crippen molar-refractivity contribution in [3.05, 3.63) is 93.4 Å². The Kier molecular flexibility index (Phi) is 10.7. The predicted octanol–water partition coefficient (Wildman–Crippen LogP) is 6.17. The van der Waals surface area contributed by atoms with E-state index in [0.29, 0.717) is 11.4 Å². The smallest absolute Gasteiger partial charge is 0.264 e. The van der Waals surface area contributed by atoms with E-state index in [4.69, 9.17) is 34.8 Å². The molecule has 1 N–H and O–H groups in total. The van der Waals surface area contributed by atoms with Crippen LogP contribution in [0.15, 0.2) is 77.7 Å². The number of nitrogens with zero attached hydrogens (tertiary/aromatic N) is 2. The zero-order valence-corrected chi connectivity index (χ0v) is 24.9. The van der Waals surface area contributed by atoms with Crippen LogP contribution in [0, 0.1) is 0 Å². The van der Waals surface area contributed by atoms with Gasteiger partial charge in [0.2, 0.25) is 11.8 Å². The second kappa shape index (κ2) is 13.5. The van der Waals surface area contributed by atoms with Crippen molar-refractivity contribution in [2.45, 2.75) is 50.7 Å². The first kappa shape index (κ1) is 30.8. The number of anilines is 1. The molecule has 0 radical (unpaired) electrons. The highest BCUT2D eigenvalue weighted by Gasteiger charge is 2.33. The number of sulfonamides is 1. The molecule has 0 aliphatic carbocycles. The van der Waals surface area contributed by atoms with E-state index in [-0.39, 0.29) is 39.1 Å². The van der Waals surface area contributed by atoms with Crippen LogP contribution in [-0.2, 0) is 26.2 Å². The summed E-state index contributed by atoms with van der Waals surface area (Å²) in [4.78, 5) is 28.3. The number of amides is 2. The topological polar surface area (TPSA) is 86.8 Å². The number of carbonyl (C=O) groups is 2. The first-order chi connectivity index (χ1) is 18.4. The number of carbonyl (C=O) groups excluding carboxylic acids is 2. The molecule has 208 valence electrons. The van der Waals surface area contributed by atoms with Crippen LogP contribution >= 0.6 is 34.8 Å². The summed E-state index contributed by atoms with van der Waals surface area (Å²) in [6, 6.07) is 17.9. The molecule has 0 aromatic heterocycles. The highest BCUT2D eigenvalue weighted by atomic mass is 35.5. The van der Waals surface area contributed by atoms with Gasteiger partial charge < -0.3 is 10.2 Å². The molecule has 7 nitrogen and oxygen atoms in total. The molecule has 0 saturated carbocycles. The number of hydrogen-bond donors (Lipinski definition) is 1. The van der Waals surface area contributed by atoms with Crippen molar-refractivity contribution in [1.29, 1.82) is 0 Å². The van der Waals surface area contributed by atoms with E-state index in [1.165, 1.54) is 35.2 Å². The molecule has 11 heteroatoms. The molecular formula is C28H30Cl3N3O4S. The summed E-state index contributed by atoms with van der Waals surface area (Å²) in [5, 5.41) is 3.83. The van der Waals surface area contributed by atoms with Crippen molar-refractivity contribution < 1.29 is 18.0 Å². The molecule has 0 aliphatic heterocycles. The minimum atomic E-state index is -4.21. The van der Waals surface area contributed by atoms with Gasteiger partial charge in [-0.15, -0.1) is 0 Å². The van der Waals surface area contributed by atoms with Crippen LogP contribution in [0.4, 0.5) is 5.69 Å². The van der Waals surface area contributed by atoms with E-state index in [9.17, 15) is 18.0 Å². The van der Waals surface area contributed by atoms with Gasteiger partial charge >= 0.3 is 0 Å². The van der Waals surface area contributed by atoms with Crippen LogP contribution in [0.5, 0.6) is 0 Å². The second-order valence-electron chi connectivity index (χ2n) is 9.09. The third-order valence-electron chi connectivity index (χ3n) is 6.18. The van der Waals surface area contributed by atoms with Crippen molar-refractivity contribution in [1.82, 2.24) is 10.2 Å². The van der Waals surface area contributed by atoms with Gasteiger partial charge in [0.05, 0.1) is 10.6 Å². The predicted molar refractivity (Wildman–Crippen MR) is 157 cm³/mol. The molecule has 0 saturated heterocycles. The number of rotatable bonds is 11. The number of halogens is 3. The van der Waals surface area contributed by atoms with E-state index in [1.54, 1.807) is 49.4 Å². The number of benzene rings is 3. The lowest BCUT2D eigenvalue weighted by Gasteiger charge is -2.32. The second-order valence-corrected chi connectivity index (χ2v) is 12.3. The van der Waals surface area contributed by atoms with Crippen LogP contribution in [0.1, 0.15) is 32.8 Å². The monoisotopic (exact) mass is 609 g/mol. The van der Waals surface area contributed by atoms with Crippen molar-refractivity contribution in [2.75, 3.05) is 10.8 Å². The zero-order chi connectivity index (χ0) is 28.7. The van der Waals surface area contributed by atoms with Crippen LogP contribution in [0.3, 0.4) is 0 Å². The molecule has 0 heterocycles. The molecule has 3 rings (SSSR count).